The molecule has 0 radical (unpaired) electrons. The van der Waals surface area contributed by atoms with Gasteiger partial charge in [-0.3, -0.25) is 14.5 Å². The van der Waals surface area contributed by atoms with Crippen molar-refractivity contribution in [1.29, 1.82) is 0 Å². The van der Waals surface area contributed by atoms with E-state index < -0.39 is 0 Å². The zero-order valence-corrected chi connectivity index (χ0v) is 23.5. The lowest BCUT2D eigenvalue weighted by atomic mass is 9.97. The molecule has 4 heterocycles. The van der Waals surface area contributed by atoms with Gasteiger partial charge in [-0.1, -0.05) is 18.5 Å². The molecular weight excluding hydrogens is 512 g/mol. The number of amides is 2. The van der Waals surface area contributed by atoms with E-state index in [0.717, 1.165) is 69.1 Å². The van der Waals surface area contributed by atoms with E-state index in [1.54, 1.807) is 12.3 Å². The minimum absolute atomic E-state index is 0.112. The number of carbonyl (C=O) groups is 2. The number of benzene rings is 1. The summed E-state index contributed by atoms with van der Waals surface area (Å²) in [6.45, 7) is 8.82. The molecule has 1 aromatic carbocycles. The maximum Gasteiger partial charge on any atom is 0.253 e. The smallest absolute Gasteiger partial charge is 0.253 e. The van der Waals surface area contributed by atoms with Gasteiger partial charge in [0, 0.05) is 81.2 Å². The van der Waals surface area contributed by atoms with E-state index >= 15 is 0 Å². The van der Waals surface area contributed by atoms with E-state index in [4.69, 9.17) is 11.6 Å². The number of likely N-dealkylation sites (tertiary alicyclic amines) is 1. The third-order valence-electron chi connectivity index (χ3n) is 7.96. The second-order valence-corrected chi connectivity index (χ2v) is 10.7. The molecule has 0 bridgehead atoms. The van der Waals surface area contributed by atoms with Gasteiger partial charge in [-0.2, -0.15) is 0 Å². The van der Waals surface area contributed by atoms with Gasteiger partial charge in [0.15, 0.2) is 0 Å². The first-order chi connectivity index (χ1) is 19.0. The van der Waals surface area contributed by atoms with E-state index in [9.17, 15) is 9.59 Å². The number of halogens is 1. The molecule has 2 saturated heterocycles. The Labute approximate surface area is 235 Å². The molecule has 0 unspecified atom stereocenters. The lowest BCUT2D eigenvalue weighted by Crippen LogP contribution is -2.58. The first-order valence-electron chi connectivity index (χ1n) is 14.0. The quantitative estimate of drug-likeness (QED) is 0.471. The van der Waals surface area contributed by atoms with E-state index in [-0.39, 0.29) is 11.8 Å². The van der Waals surface area contributed by atoms with Gasteiger partial charge in [0.25, 0.3) is 11.8 Å². The van der Waals surface area contributed by atoms with Gasteiger partial charge in [0.05, 0.1) is 10.6 Å². The summed E-state index contributed by atoms with van der Waals surface area (Å²) in [4.78, 5) is 36.8. The van der Waals surface area contributed by atoms with Crippen LogP contribution in [0.2, 0.25) is 5.02 Å². The van der Waals surface area contributed by atoms with Crippen LogP contribution in [0.15, 0.2) is 61.1 Å². The highest BCUT2D eigenvalue weighted by Gasteiger charge is 2.35. The van der Waals surface area contributed by atoms with Crippen LogP contribution in [0.25, 0.3) is 5.69 Å². The number of hydrogen-bond acceptors (Lipinski definition) is 5. The maximum atomic E-state index is 13.2. The Hall–Kier alpha value is -3.36. The van der Waals surface area contributed by atoms with Gasteiger partial charge in [0.1, 0.15) is 5.82 Å². The summed E-state index contributed by atoms with van der Waals surface area (Å²) in [5, 5.41) is 3.30. The Kier molecular flexibility index (Phi) is 8.53. The summed E-state index contributed by atoms with van der Waals surface area (Å²) in [6, 6.07) is 14.4. The van der Waals surface area contributed by atoms with Crippen molar-refractivity contribution < 1.29 is 9.59 Å². The van der Waals surface area contributed by atoms with Gasteiger partial charge in [0.2, 0.25) is 0 Å². The van der Waals surface area contributed by atoms with Crippen LogP contribution in [-0.4, -0.2) is 82.5 Å². The first kappa shape index (κ1) is 27.2. The van der Waals surface area contributed by atoms with Crippen molar-refractivity contribution >= 4 is 29.2 Å². The lowest BCUT2D eigenvalue weighted by Gasteiger charge is -2.47. The molecule has 5 rings (SSSR count). The molecule has 3 aromatic rings. The monoisotopic (exact) mass is 548 g/mol. The summed E-state index contributed by atoms with van der Waals surface area (Å²) in [7, 11) is 0. The maximum absolute atomic E-state index is 13.2. The zero-order chi connectivity index (χ0) is 27.4. The summed E-state index contributed by atoms with van der Waals surface area (Å²) in [5.41, 5.74) is 2.27. The van der Waals surface area contributed by atoms with Crippen molar-refractivity contribution in [2.75, 3.05) is 44.2 Å². The highest BCUT2D eigenvalue weighted by molar-refractivity contribution is 6.33. The third kappa shape index (κ3) is 5.97. The number of nitrogens with one attached hydrogen (secondary N) is 1. The van der Waals surface area contributed by atoms with Gasteiger partial charge in [-0.15, -0.1) is 0 Å². The van der Waals surface area contributed by atoms with E-state index in [1.807, 2.05) is 65.2 Å². The fourth-order valence-electron chi connectivity index (χ4n) is 5.82. The van der Waals surface area contributed by atoms with Crippen molar-refractivity contribution in [3.63, 3.8) is 0 Å². The predicted octanol–water partition coefficient (Wildman–Crippen LogP) is 4.48. The third-order valence-corrected chi connectivity index (χ3v) is 8.24. The average Bonchev–Trinajstić information content (AvgIpc) is 3.52. The molecule has 0 saturated carbocycles. The largest absolute Gasteiger partial charge is 0.353 e. The minimum Gasteiger partial charge on any atom is -0.353 e. The van der Waals surface area contributed by atoms with Crippen LogP contribution in [0.4, 0.5) is 5.82 Å². The van der Waals surface area contributed by atoms with Crippen LogP contribution in [0.5, 0.6) is 0 Å². The van der Waals surface area contributed by atoms with Crippen molar-refractivity contribution in [3.05, 3.63) is 77.2 Å². The minimum atomic E-state index is -0.159. The molecule has 2 aliphatic heterocycles. The molecule has 0 aliphatic carbocycles. The normalized spacial score (nSPS) is 18.8. The highest BCUT2D eigenvalue weighted by Crippen LogP contribution is 2.30. The number of piperazine rings is 1. The van der Waals surface area contributed by atoms with Crippen LogP contribution in [-0.2, 0) is 0 Å². The Morgan fingerprint density at radius 1 is 1.00 bits per heavy atom. The summed E-state index contributed by atoms with van der Waals surface area (Å²) in [6.07, 6.45) is 8.59. The molecule has 2 fully saturated rings. The van der Waals surface area contributed by atoms with Gasteiger partial charge < -0.3 is 19.7 Å². The van der Waals surface area contributed by atoms with Crippen molar-refractivity contribution in [1.82, 2.24) is 24.7 Å². The molecule has 2 amide bonds. The number of anilines is 1. The number of hydrogen-bond donors (Lipinski definition) is 1. The Morgan fingerprint density at radius 2 is 1.72 bits per heavy atom. The van der Waals surface area contributed by atoms with Crippen LogP contribution in [0.1, 0.15) is 53.8 Å². The predicted molar refractivity (Wildman–Crippen MR) is 155 cm³/mol. The molecule has 2 aliphatic rings. The second-order valence-electron chi connectivity index (χ2n) is 10.3. The first-order valence-corrected chi connectivity index (χ1v) is 14.3. The van der Waals surface area contributed by atoms with Crippen molar-refractivity contribution in [2.24, 2.45) is 0 Å². The van der Waals surface area contributed by atoms with Gasteiger partial charge in [-0.25, -0.2) is 4.98 Å². The molecule has 2 aromatic heterocycles. The van der Waals surface area contributed by atoms with Gasteiger partial charge >= 0.3 is 0 Å². The van der Waals surface area contributed by atoms with Crippen LogP contribution in [0, 0.1) is 0 Å². The van der Waals surface area contributed by atoms with Crippen molar-refractivity contribution in [3.8, 4) is 5.69 Å². The number of aromatic nitrogens is 2. The van der Waals surface area contributed by atoms with Crippen molar-refractivity contribution in [2.45, 2.75) is 45.2 Å². The number of piperidine rings is 1. The molecule has 0 spiro atoms. The number of rotatable bonds is 7. The van der Waals surface area contributed by atoms with E-state index in [2.05, 4.69) is 27.0 Å². The zero-order valence-electron chi connectivity index (χ0n) is 22.7. The van der Waals surface area contributed by atoms with Crippen LogP contribution >= 0.6 is 11.6 Å². The van der Waals surface area contributed by atoms with Crippen LogP contribution < -0.4 is 10.2 Å². The van der Waals surface area contributed by atoms with E-state index in [1.165, 1.54) is 0 Å². The lowest BCUT2D eigenvalue weighted by molar-refractivity contribution is 0.0490. The average molecular weight is 549 g/mol. The fraction of sp³-hybridized carbons (Fsp3) is 0.433. The topological polar surface area (TPSA) is 73.7 Å². The second kappa shape index (κ2) is 12.2. The standard InChI is InChI=1S/C30H37ClN6O2/c1-3-24-21-36(28-27(31)19-23(20-33-28)29(38)32-4-2)17-18-37(24)26-11-15-35(16-12-26)30(39)22-7-9-25(10-8-22)34-13-5-6-14-34/h5-10,13-14,19-20,24,26H,3-4,11-12,15-18,21H2,1-2H3,(H,32,38)/t24-/m0/s1. The van der Waals surface area contributed by atoms with Gasteiger partial charge in [-0.05, 0) is 68.7 Å². The molecule has 39 heavy (non-hydrogen) atoms. The molecule has 1 atom stereocenters. The summed E-state index contributed by atoms with van der Waals surface area (Å²) < 4.78 is 2.04. The van der Waals surface area contributed by atoms with E-state index in [0.29, 0.717) is 29.2 Å². The van der Waals surface area contributed by atoms with Crippen LogP contribution in [0.3, 0.4) is 0 Å². The number of pyridine rings is 1. The molecule has 206 valence electrons. The molecule has 1 N–H and O–H groups in total. The molecule has 9 heteroatoms. The molecular formula is C30H37ClN6O2. The fourth-order valence-corrected chi connectivity index (χ4v) is 6.11. The number of nitrogens with zero attached hydrogens (tertiary/aromatic N) is 5. The Bertz CT molecular complexity index is 1270. The SMILES string of the molecule is CCNC(=O)c1cnc(N2CCN(C3CCN(C(=O)c4ccc(-n5cccc5)cc4)CC3)[C@@H](CC)C2)c(Cl)c1. The summed E-state index contributed by atoms with van der Waals surface area (Å²) in [5.74, 6) is 0.695. The Balaban J connectivity index is 1.17. The number of carbonyl (C=O) groups excluding carboxylic acids is 2. The molecule has 8 nitrogen and oxygen atoms in total. The summed E-state index contributed by atoms with van der Waals surface area (Å²) >= 11 is 6.58. The highest BCUT2D eigenvalue weighted by atomic mass is 35.5. The Morgan fingerprint density at radius 3 is 2.36 bits per heavy atom.